The Hall–Kier alpha value is -14.7. The van der Waals surface area contributed by atoms with Crippen molar-refractivity contribution < 1.29 is 81.7 Å². The molecule has 0 fully saturated rings. The first kappa shape index (κ1) is 133. The Morgan fingerprint density at radius 2 is 0.600 bits per heavy atom. The molecule has 0 bridgehead atoms. The van der Waals surface area contributed by atoms with Gasteiger partial charge in [-0.3, -0.25) is 79.6 Å². The van der Waals surface area contributed by atoms with E-state index in [2.05, 4.69) is 64.1 Å². The van der Waals surface area contributed by atoms with Crippen molar-refractivity contribution in [2.75, 3.05) is 70.2 Å². The number of nitrogens with two attached hydrogens (primary N) is 3. The molecule has 0 radical (unpaired) electrons. The number of anilines is 9. The Morgan fingerprint density at radius 1 is 0.320 bits per heavy atom. The number of rotatable bonds is 30. The monoisotopic (exact) mass is 2270 g/mol. The molecule has 13 rings (SSSR count). The fraction of sp³-hybridized carbons (Fsp3) is 0.247. The highest BCUT2D eigenvalue weighted by Crippen LogP contribution is 2.32. The molecular formula is C93H114BCl5N22O24S5. The Kier molecular flexibility index (Phi) is 57.9. The van der Waals surface area contributed by atoms with E-state index in [9.17, 15) is 103 Å². The number of nitro benzene ring substituents is 6. The van der Waals surface area contributed by atoms with E-state index >= 15 is 0 Å². The maximum atomic E-state index is 12.1. The molecule has 13 aromatic rings. The number of benzene rings is 9. The predicted molar refractivity (Wildman–Crippen MR) is 594 cm³/mol. The molecule has 4 heterocycles. The normalized spacial score (nSPS) is 10.4. The lowest BCUT2D eigenvalue weighted by atomic mass is 9.80. The summed E-state index contributed by atoms with van der Waals surface area (Å²) in [5.41, 5.74) is 28.1. The molecule has 150 heavy (non-hydrogen) atoms. The van der Waals surface area contributed by atoms with Gasteiger partial charge in [0.25, 0.3) is 34.1 Å². The van der Waals surface area contributed by atoms with Crippen LogP contribution < -0.4 is 46.9 Å². The van der Waals surface area contributed by atoms with E-state index in [4.69, 9.17) is 84.3 Å². The molecule has 0 aliphatic rings. The van der Waals surface area contributed by atoms with E-state index in [1.165, 1.54) is 116 Å². The first-order valence-electron chi connectivity index (χ1n) is 43.0. The summed E-state index contributed by atoms with van der Waals surface area (Å²) in [4.78, 5) is 91.3. The second kappa shape index (κ2) is 65.2. The highest BCUT2D eigenvalue weighted by atomic mass is 35.7. The second-order valence-corrected chi connectivity index (χ2v) is 42.1. The van der Waals surface area contributed by atoms with Gasteiger partial charge in [0, 0.05) is 147 Å². The lowest BCUT2D eigenvalue weighted by Crippen LogP contribution is -2.29. The maximum absolute atomic E-state index is 12.1. The molecule has 0 saturated carbocycles. The van der Waals surface area contributed by atoms with Crippen LogP contribution >= 0.6 is 57.1 Å². The van der Waals surface area contributed by atoms with E-state index in [0.717, 1.165) is 28.3 Å². The molecule has 0 aliphatic heterocycles. The fourth-order valence-electron chi connectivity index (χ4n) is 11.2. The minimum atomic E-state index is -3.42. The molecule has 4 aromatic heterocycles. The molecular weight excluding hydrogens is 2160 g/mol. The van der Waals surface area contributed by atoms with Crippen molar-refractivity contribution >= 4 is 204 Å². The molecule has 13 N–H and O–H groups in total. The zero-order chi connectivity index (χ0) is 110. The SMILES string of the molecule is C.C.C.CCCS(=O)(=O)Cl.CCCS(=O)(=O)Nc1cc(N)ccc1C.CCCS(=O)(=O)Nc1cc(N)ccc1C.CCCS(=O)(=O)Nc1cc(Nc2cc(-c3cccc([N+](=O)[O-])c3)ncn2)ccc1C.CCCS(=O)(=O)Nc1cc([N+](=O)[O-])ccc1C.Cc1ccc([N+](=O)[O-])cc1N.Clc1cc(Cl)ncn1.O=[N+]([O-])c1cccc(-c2cc(Cl)ncn2)c1.O=[N+]([O-])c1cccc(-c2cc(Cl)ncn2)c1.O=[N+]([O-])c1cccc(B(O)O)c1. The molecule has 0 aliphatic carbocycles. The van der Waals surface area contributed by atoms with Crippen molar-refractivity contribution in [2.45, 2.75) is 124 Å². The van der Waals surface area contributed by atoms with E-state index in [1.807, 2.05) is 40.7 Å². The quantitative estimate of drug-likeness (QED) is 0.00499. The van der Waals surface area contributed by atoms with Gasteiger partial charge in [0.2, 0.25) is 49.1 Å². The Morgan fingerprint density at radius 3 is 0.907 bits per heavy atom. The molecule has 0 unspecified atom stereocenters. The van der Waals surface area contributed by atoms with Crippen LogP contribution in [-0.2, 0) is 49.1 Å². The number of non-ortho nitro benzene ring substituents is 6. The Bertz CT molecular complexity index is 7130. The second-order valence-electron chi connectivity index (χ2n) is 30.3. The lowest BCUT2D eigenvalue weighted by molar-refractivity contribution is -0.385. The summed E-state index contributed by atoms with van der Waals surface area (Å²) >= 11 is 22.2. The predicted octanol–water partition coefficient (Wildman–Crippen LogP) is 20.6. The van der Waals surface area contributed by atoms with Crippen LogP contribution in [0.4, 0.5) is 85.4 Å². The number of nitrogens with zero attached hydrogens (tertiary/aromatic N) is 14. The van der Waals surface area contributed by atoms with Crippen LogP contribution in [0.25, 0.3) is 33.8 Å². The minimum absolute atomic E-state index is 0. The van der Waals surface area contributed by atoms with E-state index in [1.54, 1.807) is 144 Å². The molecule has 808 valence electrons. The Labute approximate surface area is 893 Å². The number of sulfonamides is 4. The third-order valence-corrected chi connectivity index (χ3v) is 26.4. The van der Waals surface area contributed by atoms with Crippen LogP contribution in [0.15, 0.2) is 238 Å². The summed E-state index contributed by atoms with van der Waals surface area (Å²) < 4.78 is 123. The van der Waals surface area contributed by atoms with Gasteiger partial charge < -0.3 is 32.6 Å². The van der Waals surface area contributed by atoms with Gasteiger partial charge >= 0.3 is 7.12 Å². The standard InChI is InChI=1S/C20H21N5O4S.2C10H6ClN3O2.C10H14N2O4S.2C10H16N2O2S.C7H8N2O2.C6H6BNO4.C4H2Cl2N2.C3H7ClO2S.3CH4/c1-3-9-30(28,29)24-18-11-16(8-7-14(18)2)23-20-12-19(21-13-22-20)15-5-4-6-17(10-15)25(26)27;2*11-10-5-9(12-6-13-10)7-2-1-3-8(4-7)14(15)16;1-3-6-17(15,16)11-10-7-9(12(13)14)5-4-8(10)2;2*1-3-6-15(13,14)12-10-7-9(11)5-4-8(10)2;1-5-2-3-6(9(10)11)4-7(5)8;9-7(10)5-2-1-3-6(4-5)8(11)12;5-3-1-4(6)8-2-7-3;1-2-3-7(4,5)6;;;/h4-8,10-13,24H,3,9H2,1-2H3,(H,21,22,23);2*1-6H;4-5,7,11H,3,6H2,1-2H3;2*4-5,7,12H,3,6,11H2,1-2H3;2-4H,8H2,1H3;1-4,9-10H;1-2H;2-3H2,1H3;3*1H4. The van der Waals surface area contributed by atoms with Gasteiger partial charge in [-0.05, 0) is 136 Å². The smallest absolute Gasteiger partial charge is 0.423 e. The molecule has 0 atom stereocenters. The van der Waals surface area contributed by atoms with Crippen molar-refractivity contribution in [1.29, 1.82) is 0 Å². The number of hydrogen-bond acceptors (Lipinski definition) is 36. The molecule has 0 spiro atoms. The van der Waals surface area contributed by atoms with Gasteiger partial charge in [-0.1, -0.05) is 182 Å². The lowest BCUT2D eigenvalue weighted by Gasteiger charge is -2.13. The summed E-state index contributed by atoms with van der Waals surface area (Å²) in [5.74, 6) is 0.840. The van der Waals surface area contributed by atoms with Crippen LogP contribution in [0, 0.1) is 95.3 Å². The summed E-state index contributed by atoms with van der Waals surface area (Å²) in [7, 11) is -13.3. The first-order valence-corrected chi connectivity index (χ1v) is 53.6. The number of nitrogen functional groups attached to an aromatic ring is 3. The van der Waals surface area contributed by atoms with E-state index in [0.29, 0.717) is 138 Å². The number of aromatic nitrogens is 8. The van der Waals surface area contributed by atoms with Crippen molar-refractivity contribution in [1.82, 2.24) is 39.9 Å². The number of hydrogen-bond donors (Lipinski definition) is 10. The van der Waals surface area contributed by atoms with Crippen LogP contribution in [0.5, 0.6) is 0 Å². The molecule has 57 heteroatoms. The van der Waals surface area contributed by atoms with E-state index < -0.39 is 85.8 Å². The van der Waals surface area contributed by atoms with Gasteiger partial charge in [0.05, 0.1) is 98.1 Å². The van der Waals surface area contributed by atoms with Crippen molar-refractivity contribution in [3.05, 3.63) is 347 Å². The average molecular weight is 2270 g/mol. The number of halogens is 5. The molecule has 9 aromatic carbocycles. The van der Waals surface area contributed by atoms with E-state index in [-0.39, 0.29) is 96.3 Å². The average Bonchev–Trinajstić information content (AvgIpc) is 0.823. The Balaban J connectivity index is 0.000000851. The number of aryl methyl sites for hydroxylation is 5. The summed E-state index contributed by atoms with van der Waals surface area (Å²) in [6.07, 6.45) is 8.09. The summed E-state index contributed by atoms with van der Waals surface area (Å²) in [5, 5.41) is 85.0. The molecule has 0 amide bonds. The molecule has 46 nitrogen and oxygen atoms in total. The first-order chi connectivity index (χ1) is 68.9. The van der Waals surface area contributed by atoms with Crippen molar-refractivity contribution in [3.8, 4) is 33.8 Å². The van der Waals surface area contributed by atoms with Gasteiger partial charge in [0.1, 0.15) is 51.7 Å². The van der Waals surface area contributed by atoms with Gasteiger partial charge in [0.15, 0.2) is 0 Å². The maximum Gasteiger partial charge on any atom is 0.488 e. The van der Waals surface area contributed by atoms with Crippen LogP contribution in [0.2, 0.25) is 20.6 Å². The van der Waals surface area contributed by atoms with Crippen molar-refractivity contribution in [2.24, 2.45) is 0 Å². The van der Waals surface area contributed by atoms with Crippen LogP contribution in [-0.4, -0.2) is 157 Å². The third-order valence-electron chi connectivity index (χ3n) is 18.3. The van der Waals surface area contributed by atoms with Gasteiger partial charge in [-0.15, -0.1) is 0 Å². The van der Waals surface area contributed by atoms with Crippen LogP contribution in [0.3, 0.4) is 0 Å². The topological polar surface area (TPSA) is 711 Å². The van der Waals surface area contributed by atoms with Gasteiger partial charge in [-0.2, -0.15) is 0 Å². The summed E-state index contributed by atoms with van der Waals surface area (Å²) in [6, 6.07) is 54.1. The highest BCUT2D eigenvalue weighted by Gasteiger charge is 2.21. The largest absolute Gasteiger partial charge is 0.488 e. The summed E-state index contributed by atoms with van der Waals surface area (Å²) in [6.45, 7) is 18.0. The zero-order valence-electron chi connectivity index (χ0n) is 80.0. The van der Waals surface area contributed by atoms with Gasteiger partial charge in [-0.25, -0.2) is 82.0 Å². The fourth-order valence-corrected chi connectivity index (χ4v) is 17.6. The zero-order valence-corrected chi connectivity index (χ0v) is 87.8. The highest BCUT2D eigenvalue weighted by molar-refractivity contribution is 8.13. The number of nitro groups is 6. The van der Waals surface area contributed by atoms with Crippen LogP contribution in [0.1, 0.15) is 117 Å². The minimum Gasteiger partial charge on any atom is -0.423 e. The van der Waals surface area contributed by atoms with Crippen molar-refractivity contribution in [3.63, 3.8) is 0 Å². The molecule has 0 saturated heterocycles. The third kappa shape index (κ3) is 50.8. The number of nitrogens with one attached hydrogen (secondary N) is 5.